The number of halogens is 2. The number of phenols is 1. The van der Waals surface area contributed by atoms with Crippen LogP contribution in [0, 0.1) is 0 Å². The first kappa shape index (κ1) is 28.3. The first-order valence-electron chi connectivity index (χ1n) is 11.7. The maximum Gasteiger partial charge on any atom is 0.296 e. The van der Waals surface area contributed by atoms with Gasteiger partial charge in [0.2, 0.25) is 0 Å². The SMILES string of the molecule is CCOc1ccc(Cl)cc1NC(=O)c1cc2ccccc2c(N=Nc2c(Cl)cc(CC)cc2S(=O)(=O)O)c1O. The third kappa shape index (κ3) is 6.15. The van der Waals surface area contributed by atoms with Crippen LogP contribution in [0.3, 0.4) is 0 Å². The fraction of sp³-hybridized carbons (Fsp3) is 0.148. The lowest BCUT2D eigenvalue weighted by Crippen LogP contribution is -2.13. The first-order chi connectivity index (χ1) is 18.5. The van der Waals surface area contributed by atoms with Gasteiger partial charge < -0.3 is 15.2 Å². The van der Waals surface area contributed by atoms with E-state index >= 15 is 0 Å². The molecule has 0 heterocycles. The van der Waals surface area contributed by atoms with Gasteiger partial charge in [-0.05, 0) is 60.7 Å². The van der Waals surface area contributed by atoms with Crippen molar-refractivity contribution >= 4 is 67.1 Å². The second-order valence-corrected chi connectivity index (χ2v) is 10.6. The fourth-order valence-electron chi connectivity index (χ4n) is 3.89. The Balaban J connectivity index is 1.84. The average molecular weight is 588 g/mol. The number of amides is 1. The van der Waals surface area contributed by atoms with Crippen LogP contribution in [0.2, 0.25) is 10.0 Å². The standard InChI is InChI=1S/C27H23Cl2N3O6S/c1-3-15-11-20(29)25(23(12-15)39(35,36)37)32-31-24-18-8-6-5-7-16(18)13-19(26(24)33)27(34)30-21-14-17(28)9-10-22(21)38-4-2/h5-14,33H,3-4H2,1-2H3,(H,30,34)(H,35,36,37). The van der Waals surface area contributed by atoms with Crippen molar-refractivity contribution in [3.8, 4) is 11.5 Å². The summed E-state index contributed by atoms with van der Waals surface area (Å²) < 4.78 is 39.4. The van der Waals surface area contributed by atoms with Gasteiger partial charge in [-0.25, -0.2) is 0 Å². The van der Waals surface area contributed by atoms with Gasteiger partial charge in [0.1, 0.15) is 22.0 Å². The van der Waals surface area contributed by atoms with Crippen LogP contribution in [0.1, 0.15) is 29.8 Å². The molecule has 4 aromatic rings. The number of nitrogens with one attached hydrogen (secondary N) is 1. The molecule has 4 rings (SSSR count). The van der Waals surface area contributed by atoms with Gasteiger partial charge in [0, 0.05) is 10.4 Å². The van der Waals surface area contributed by atoms with Crippen molar-refractivity contribution < 1.29 is 27.6 Å². The summed E-state index contributed by atoms with van der Waals surface area (Å²) in [5, 5.41) is 23.2. The van der Waals surface area contributed by atoms with E-state index in [1.807, 2.05) is 0 Å². The van der Waals surface area contributed by atoms with Crippen molar-refractivity contribution in [1.82, 2.24) is 0 Å². The van der Waals surface area contributed by atoms with Gasteiger partial charge in [0.05, 0.1) is 22.9 Å². The summed E-state index contributed by atoms with van der Waals surface area (Å²) in [4.78, 5) is 12.8. The van der Waals surface area contributed by atoms with Crippen molar-refractivity contribution in [2.75, 3.05) is 11.9 Å². The normalized spacial score (nSPS) is 11.7. The molecule has 0 bridgehead atoms. The zero-order valence-corrected chi connectivity index (χ0v) is 23.1. The molecule has 12 heteroatoms. The minimum atomic E-state index is -4.70. The highest BCUT2D eigenvalue weighted by Gasteiger charge is 2.22. The minimum absolute atomic E-state index is 0.0622. The van der Waals surface area contributed by atoms with Gasteiger partial charge >= 0.3 is 0 Å². The van der Waals surface area contributed by atoms with Crippen LogP contribution >= 0.6 is 23.2 Å². The number of anilines is 1. The molecule has 0 aliphatic carbocycles. The number of rotatable bonds is 8. The lowest BCUT2D eigenvalue weighted by molar-refractivity contribution is 0.102. The summed E-state index contributed by atoms with van der Waals surface area (Å²) in [6, 6.07) is 15.8. The Labute approximate surface area is 234 Å². The number of benzene rings is 4. The van der Waals surface area contributed by atoms with Crippen LogP contribution in [0.15, 0.2) is 75.8 Å². The summed E-state index contributed by atoms with van der Waals surface area (Å²) in [5.41, 5.74) is 0.311. The monoisotopic (exact) mass is 587 g/mol. The summed E-state index contributed by atoms with van der Waals surface area (Å²) in [5.74, 6) is -0.801. The van der Waals surface area contributed by atoms with E-state index in [-0.39, 0.29) is 22.0 Å². The van der Waals surface area contributed by atoms with Crippen LogP contribution in [0.5, 0.6) is 11.5 Å². The molecule has 4 aromatic carbocycles. The van der Waals surface area contributed by atoms with Crippen LogP contribution in [0.25, 0.3) is 10.8 Å². The first-order valence-corrected chi connectivity index (χ1v) is 13.9. The molecule has 0 saturated carbocycles. The van der Waals surface area contributed by atoms with Crippen LogP contribution in [0.4, 0.5) is 17.1 Å². The Kier molecular flexibility index (Phi) is 8.41. The van der Waals surface area contributed by atoms with Gasteiger partial charge in [-0.3, -0.25) is 9.35 Å². The molecule has 9 nitrogen and oxygen atoms in total. The van der Waals surface area contributed by atoms with Crippen molar-refractivity contribution in [3.63, 3.8) is 0 Å². The molecular formula is C27H23Cl2N3O6S. The Morgan fingerprint density at radius 2 is 1.72 bits per heavy atom. The average Bonchev–Trinajstić information content (AvgIpc) is 2.89. The smallest absolute Gasteiger partial charge is 0.296 e. The number of carbonyl (C=O) groups excluding carboxylic acids is 1. The fourth-order valence-corrected chi connectivity index (χ4v) is 5.09. The largest absolute Gasteiger partial charge is 0.505 e. The zero-order valence-electron chi connectivity index (χ0n) is 20.8. The molecule has 202 valence electrons. The van der Waals surface area contributed by atoms with Gasteiger partial charge in [-0.1, -0.05) is 54.4 Å². The molecule has 0 spiro atoms. The van der Waals surface area contributed by atoms with E-state index in [2.05, 4.69) is 15.5 Å². The van der Waals surface area contributed by atoms with Crippen LogP contribution in [-0.4, -0.2) is 30.6 Å². The lowest BCUT2D eigenvalue weighted by Gasteiger charge is -2.14. The quantitative estimate of drug-likeness (QED) is 0.142. The number of hydrogen-bond acceptors (Lipinski definition) is 7. The van der Waals surface area contributed by atoms with Gasteiger partial charge in [0.15, 0.2) is 5.75 Å². The highest BCUT2D eigenvalue weighted by Crippen LogP contribution is 2.42. The van der Waals surface area contributed by atoms with Gasteiger partial charge in [-0.2, -0.15) is 8.42 Å². The molecule has 0 aliphatic heterocycles. The maximum atomic E-state index is 13.3. The second kappa shape index (κ2) is 11.6. The third-order valence-corrected chi connectivity index (χ3v) is 7.14. The van der Waals surface area contributed by atoms with E-state index < -0.39 is 26.7 Å². The van der Waals surface area contributed by atoms with E-state index in [9.17, 15) is 22.9 Å². The van der Waals surface area contributed by atoms with Crippen molar-refractivity contribution in [2.24, 2.45) is 10.2 Å². The zero-order chi connectivity index (χ0) is 28.3. The number of aryl methyl sites for hydroxylation is 1. The number of aromatic hydroxyl groups is 1. The van der Waals surface area contributed by atoms with Crippen LogP contribution < -0.4 is 10.1 Å². The molecule has 0 aliphatic rings. The van der Waals surface area contributed by atoms with E-state index in [4.69, 9.17) is 27.9 Å². The number of ether oxygens (including phenoxy) is 1. The molecule has 1 amide bonds. The topological polar surface area (TPSA) is 138 Å². The molecule has 0 unspecified atom stereocenters. The van der Waals surface area contributed by atoms with Crippen LogP contribution in [-0.2, 0) is 16.5 Å². The Bertz CT molecular complexity index is 1720. The summed E-state index contributed by atoms with van der Waals surface area (Å²) in [7, 11) is -4.70. The lowest BCUT2D eigenvalue weighted by atomic mass is 10.0. The van der Waals surface area contributed by atoms with Crippen molar-refractivity contribution in [3.05, 3.63) is 81.8 Å². The Morgan fingerprint density at radius 1 is 1.00 bits per heavy atom. The minimum Gasteiger partial charge on any atom is -0.505 e. The molecule has 0 saturated heterocycles. The van der Waals surface area contributed by atoms with E-state index in [0.717, 1.165) is 0 Å². The van der Waals surface area contributed by atoms with E-state index in [1.165, 1.54) is 24.3 Å². The molecule has 0 aromatic heterocycles. The van der Waals surface area contributed by atoms with Gasteiger partial charge in [0.25, 0.3) is 16.0 Å². The number of azo groups is 1. The number of nitrogens with zero attached hydrogens (tertiary/aromatic N) is 2. The molecule has 3 N–H and O–H groups in total. The summed E-state index contributed by atoms with van der Waals surface area (Å²) in [6.45, 7) is 3.94. The van der Waals surface area contributed by atoms with Gasteiger partial charge in [-0.15, -0.1) is 10.2 Å². The molecule has 0 atom stereocenters. The number of carbonyl (C=O) groups is 1. The summed E-state index contributed by atoms with van der Waals surface area (Å²) in [6.07, 6.45) is 0.458. The Morgan fingerprint density at radius 3 is 2.41 bits per heavy atom. The number of hydrogen-bond donors (Lipinski definition) is 3. The molecule has 0 fully saturated rings. The third-order valence-electron chi connectivity index (χ3n) is 5.75. The summed E-state index contributed by atoms with van der Waals surface area (Å²) >= 11 is 12.4. The predicted molar refractivity (Wildman–Crippen MR) is 151 cm³/mol. The predicted octanol–water partition coefficient (Wildman–Crippen LogP) is 7.73. The van der Waals surface area contributed by atoms with Crippen molar-refractivity contribution in [1.29, 1.82) is 0 Å². The molecular weight excluding hydrogens is 565 g/mol. The molecule has 39 heavy (non-hydrogen) atoms. The van der Waals surface area contributed by atoms with Crippen molar-refractivity contribution in [2.45, 2.75) is 25.2 Å². The Hall–Kier alpha value is -3.70. The van der Waals surface area contributed by atoms with E-state index in [0.29, 0.717) is 45.8 Å². The number of fused-ring (bicyclic) bond motifs is 1. The number of phenolic OH excluding ortho intramolecular Hbond substituents is 1. The maximum absolute atomic E-state index is 13.3. The highest BCUT2D eigenvalue weighted by atomic mass is 35.5. The van der Waals surface area contributed by atoms with E-state index in [1.54, 1.807) is 50.2 Å². The second-order valence-electron chi connectivity index (χ2n) is 8.32. The highest BCUT2D eigenvalue weighted by molar-refractivity contribution is 7.86. The molecule has 0 radical (unpaired) electrons.